The normalized spacial score (nSPS) is 17.7. The molecule has 3 N–H and O–H groups in total. The van der Waals surface area contributed by atoms with Crippen molar-refractivity contribution in [2.75, 3.05) is 17.6 Å². The van der Waals surface area contributed by atoms with E-state index in [1.54, 1.807) is 12.3 Å². The van der Waals surface area contributed by atoms with E-state index >= 15 is 0 Å². The second-order valence-corrected chi connectivity index (χ2v) is 9.37. The summed E-state index contributed by atoms with van der Waals surface area (Å²) in [5.74, 6) is 1.31. The molecule has 7 heteroatoms. The third-order valence-electron chi connectivity index (χ3n) is 5.30. The molecule has 2 fully saturated rings. The van der Waals surface area contributed by atoms with Crippen molar-refractivity contribution in [1.82, 2.24) is 9.97 Å². The monoisotopic (exact) mass is 372 g/mol. The van der Waals surface area contributed by atoms with E-state index in [1.807, 2.05) is 19.1 Å². The number of benzene rings is 1. The molecule has 0 unspecified atom stereocenters. The van der Waals surface area contributed by atoms with Crippen LogP contribution in [0.15, 0.2) is 29.3 Å². The van der Waals surface area contributed by atoms with Gasteiger partial charge in [-0.3, -0.25) is 0 Å². The predicted octanol–water partition coefficient (Wildman–Crippen LogP) is 3.36. The van der Waals surface area contributed by atoms with Gasteiger partial charge in [-0.15, -0.1) is 0 Å². The molecule has 0 radical (unpaired) electrons. The molecule has 0 spiro atoms. The molecule has 1 aromatic carbocycles. The average Bonchev–Trinajstić information content (AvgIpc) is 3.39. The van der Waals surface area contributed by atoms with Gasteiger partial charge in [-0.05, 0) is 61.8 Å². The molecule has 138 valence electrons. The van der Waals surface area contributed by atoms with Gasteiger partial charge in [-0.2, -0.15) is 4.98 Å². The van der Waals surface area contributed by atoms with Crippen molar-refractivity contribution in [2.45, 2.75) is 55.1 Å². The number of nitrogens with two attached hydrogens (primary N) is 1. The van der Waals surface area contributed by atoms with Crippen LogP contribution in [-0.4, -0.2) is 30.2 Å². The van der Waals surface area contributed by atoms with Crippen LogP contribution in [0, 0.1) is 0 Å². The van der Waals surface area contributed by atoms with Gasteiger partial charge in [-0.25, -0.2) is 13.4 Å². The fourth-order valence-electron chi connectivity index (χ4n) is 3.49. The number of sulfone groups is 1. The Kier molecular flexibility index (Phi) is 4.34. The van der Waals surface area contributed by atoms with Gasteiger partial charge in [-0.1, -0.05) is 12.5 Å². The van der Waals surface area contributed by atoms with Crippen molar-refractivity contribution in [3.63, 3.8) is 0 Å². The zero-order chi connectivity index (χ0) is 18.3. The van der Waals surface area contributed by atoms with Gasteiger partial charge in [0, 0.05) is 18.3 Å². The first kappa shape index (κ1) is 17.3. The summed E-state index contributed by atoms with van der Waals surface area (Å²) in [6, 6.07) is 5.54. The van der Waals surface area contributed by atoms with Gasteiger partial charge in [0.05, 0.1) is 10.1 Å². The van der Waals surface area contributed by atoms with Crippen molar-refractivity contribution in [2.24, 2.45) is 0 Å². The SMILES string of the molecule is CCNc1nc(N)ncc1-c1ccc(S(=O)(=O)C2CC2)cc1C1CCC1. The summed E-state index contributed by atoms with van der Waals surface area (Å²) < 4.78 is 25.4. The third kappa shape index (κ3) is 3.05. The Morgan fingerprint density at radius 1 is 1.19 bits per heavy atom. The Morgan fingerprint density at radius 2 is 1.96 bits per heavy atom. The van der Waals surface area contributed by atoms with Crippen molar-refractivity contribution in [3.05, 3.63) is 30.0 Å². The molecule has 1 aromatic heterocycles. The number of hydrogen-bond donors (Lipinski definition) is 2. The minimum Gasteiger partial charge on any atom is -0.370 e. The summed E-state index contributed by atoms with van der Waals surface area (Å²) >= 11 is 0. The topological polar surface area (TPSA) is 98.0 Å². The van der Waals surface area contributed by atoms with E-state index in [0.717, 1.165) is 48.9 Å². The largest absolute Gasteiger partial charge is 0.370 e. The van der Waals surface area contributed by atoms with Gasteiger partial charge >= 0.3 is 0 Å². The smallest absolute Gasteiger partial charge is 0.221 e. The summed E-state index contributed by atoms with van der Waals surface area (Å²) in [6.45, 7) is 2.72. The van der Waals surface area contributed by atoms with E-state index in [1.165, 1.54) is 6.42 Å². The summed E-state index contributed by atoms with van der Waals surface area (Å²) in [6.07, 6.45) is 6.64. The molecule has 4 rings (SSSR count). The van der Waals surface area contributed by atoms with Gasteiger partial charge in [0.25, 0.3) is 0 Å². The van der Waals surface area contributed by atoms with Crippen LogP contribution in [0.5, 0.6) is 0 Å². The van der Waals surface area contributed by atoms with Crippen LogP contribution in [0.3, 0.4) is 0 Å². The average molecular weight is 372 g/mol. The predicted molar refractivity (Wildman–Crippen MR) is 103 cm³/mol. The molecule has 0 amide bonds. The first-order chi connectivity index (χ1) is 12.5. The molecule has 1 heterocycles. The third-order valence-corrected chi connectivity index (χ3v) is 7.56. The molecular formula is C19H24N4O2S. The highest BCUT2D eigenvalue weighted by Crippen LogP contribution is 2.44. The lowest BCUT2D eigenvalue weighted by atomic mass is 9.77. The number of aromatic nitrogens is 2. The number of rotatable bonds is 6. The van der Waals surface area contributed by atoms with Crippen LogP contribution < -0.4 is 11.1 Å². The molecular weight excluding hydrogens is 348 g/mol. The fourth-order valence-corrected chi connectivity index (χ4v) is 5.18. The number of nitrogens with zero attached hydrogens (tertiary/aromatic N) is 2. The first-order valence-corrected chi connectivity index (χ1v) is 10.8. The van der Waals surface area contributed by atoms with Crippen LogP contribution in [0.1, 0.15) is 50.5 Å². The highest BCUT2D eigenvalue weighted by molar-refractivity contribution is 7.92. The molecule has 2 saturated carbocycles. The van der Waals surface area contributed by atoms with E-state index in [-0.39, 0.29) is 11.2 Å². The van der Waals surface area contributed by atoms with Crippen molar-refractivity contribution in [1.29, 1.82) is 0 Å². The Balaban J connectivity index is 1.84. The number of anilines is 2. The maximum Gasteiger partial charge on any atom is 0.221 e. The highest BCUT2D eigenvalue weighted by Gasteiger charge is 2.37. The first-order valence-electron chi connectivity index (χ1n) is 9.25. The Morgan fingerprint density at radius 3 is 2.58 bits per heavy atom. The summed E-state index contributed by atoms with van der Waals surface area (Å²) in [4.78, 5) is 8.94. The second kappa shape index (κ2) is 6.54. The van der Waals surface area contributed by atoms with Gasteiger partial charge in [0.2, 0.25) is 5.95 Å². The van der Waals surface area contributed by atoms with E-state index in [4.69, 9.17) is 5.73 Å². The van der Waals surface area contributed by atoms with Crippen LogP contribution in [-0.2, 0) is 9.84 Å². The number of hydrogen-bond acceptors (Lipinski definition) is 6. The maximum absolute atomic E-state index is 12.7. The minimum atomic E-state index is -3.20. The molecule has 26 heavy (non-hydrogen) atoms. The maximum atomic E-state index is 12.7. The fraction of sp³-hybridized carbons (Fsp3) is 0.474. The molecule has 0 saturated heterocycles. The lowest BCUT2D eigenvalue weighted by Crippen LogP contribution is -2.14. The standard InChI is InChI=1S/C19H24N4O2S/c1-2-21-18-17(11-22-19(20)23-18)15-9-8-14(26(24,25)13-6-7-13)10-16(15)12-4-3-5-12/h8-13H,2-7H2,1H3,(H3,20,21,22,23). The van der Waals surface area contributed by atoms with Crippen molar-refractivity contribution >= 4 is 21.6 Å². The zero-order valence-electron chi connectivity index (χ0n) is 14.9. The Hall–Kier alpha value is -2.15. The molecule has 2 aromatic rings. The lowest BCUT2D eigenvalue weighted by molar-refractivity contribution is 0.420. The Labute approximate surface area is 154 Å². The number of nitrogen functional groups attached to an aromatic ring is 1. The van der Waals surface area contributed by atoms with Gasteiger partial charge in [0.15, 0.2) is 9.84 Å². The quantitative estimate of drug-likeness (QED) is 0.807. The lowest BCUT2D eigenvalue weighted by Gasteiger charge is -2.29. The highest BCUT2D eigenvalue weighted by atomic mass is 32.2. The van der Waals surface area contributed by atoms with Gasteiger partial charge in [0.1, 0.15) is 5.82 Å². The second-order valence-electron chi connectivity index (χ2n) is 7.14. The van der Waals surface area contributed by atoms with E-state index in [2.05, 4.69) is 15.3 Å². The van der Waals surface area contributed by atoms with Crippen molar-refractivity contribution < 1.29 is 8.42 Å². The molecule has 0 aliphatic heterocycles. The van der Waals surface area contributed by atoms with Crippen molar-refractivity contribution in [3.8, 4) is 11.1 Å². The molecule has 6 nitrogen and oxygen atoms in total. The summed E-state index contributed by atoms with van der Waals surface area (Å²) in [5, 5.41) is 3.05. The summed E-state index contributed by atoms with van der Waals surface area (Å²) in [7, 11) is -3.20. The van der Waals surface area contributed by atoms with E-state index in [9.17, 15) is 8.42 Å². The zero-order valence-corrected chi connectivity index (χ0v) is 15.7. The molecule has 2 aliphatic rings. The van der Waals surface area contributed by atoms with Gasteiger partial charge < -0.3 is 11.1 Å². The molecule has 2 aliphatic carbocycles. The van der Waals surface area contributed by atoms with E-state index in [0.29, 0.717) is 16.6 Å². The summed E-state index contributed by atoms with van der Waals surface area (Å²) in [5.41, 5.74) is 8.71. The molecule has 0 atom stereocenters. The van der Waals surface area contributed by atoms with Crippen LogP contribution in [0.25, 0.3) is 11.1 Å². The Bertz CT molecular complexity index is 935. The number of nitrogens with one attached hydrogen (secondary N) is 1. The minimum absolute atomic E-state index is 0.195. The van der Waals surface area contributed by atoms with E-state index < -0.39 is 9.84 Å². The van der Waals surface area contributed by atoms with Crippen LogP contribution in [0.4, 0.5) is 11.8 Å². The van der Waals surface area contributed by atoms with Crippen LogP contribution >= 0.6 is 0 Å². The molecule has 0 bridgehead atoms. The van der Waals surface area contributed by atoms with Crippen LogP contribution in [0.2, 0.25) is 0 Å².